The summed E-state index contributed by atoms with van der Waals surface area (Å²) >= 11 is 12.5. The van der Waals surface area contributed by atoms with Crippen LogP contribution in [0.4, 0.5) is 4.79 Å². The van der Waals surface area contributed by atoms with Crippen molar-refractivity contribution in [2.24, 2.45) is 5.92 Å². The molecular formula is C30H33Cl2CoN4O6-. The van der Waals surface area contributed by atoms with E-state index in [1.807, 2.05) is 6.08 Å². The number of amides is 4. The first-order valence-corrected chi connectivity index (χ1v) is 14.6. The molecule has 1 aromatic carbocycles. The van der Waals surface area contributed by atoms with Crippen LogP contribution in [0.1, 0.15) is 43.3 Å². The van der Waals surface area contributed by atoms with Gasteiger partial charge in [0, 0.05) is 71.9 Å². The van der Waals surface area contributed by atoms with E-state index in [4.69, 9.17) is 32.4 Å². The summed E-state index contributed by atoms with van der Waals surface area (Å²) in [6, 6.07) is 8.38. The monoisotopic (exact) mass is 674 g/mol. The van der Waals surface area contributed by atoms with Gasteiger partial charge in [0.25, 0.3) is 5.91 Å². The van der Waals surface area contributed by atoms with Crippen LogP contribution in [-0.4, -0.2) is 88.3 Å². The Kier molecular flexibility index (Phi) is 10.1. The summed E-state index contributed by atoms with van der Waals surface area (Å²) in [5.74, 6) is -0.427. The zero-order chi connectivity index (χ0) is 30.2. The van der Waals surface area contributed by atoms with Crippen LogP contribution < -0.4 is 0 Å². The Hall–Kier alpha value is -3.12. The molecular weight excluding hydrogens is 642 g/mol. The van der Waals surface area contributed by atoms with Gasteiger partial charge in [-0.1, -0.05) is 29.3 Å². The van der Waals surface area contributed by atoms with Crippen LogP contribution in [0.25, 0.3) is 0 Å². The summed E-state index contributed by atoms with van der Waals surface area (Å²) in [5, 5.41) is 0.924. The second-order valence-electron chi connectivity index (χ2n) is 11.5. The van der Waals surface area contributed by atoms with Gasteiger partial charge < -0.3 is 28.8 Å². The van der Waals surface area contributed by atoms with E-state index in [1.165, 1.54) is 11.2 Å². The molecule has 233 valence electrons. The summed E-state index contributed by atoms with van der Waals surface area (Å²) in [5.41, 5.74) is 0.732. The molecule has 1 aromatic heterocycles. The summed E-state index contributed by atoms with van der Waals surface area (Å²) in [7, 11) is 0. The maximum Gasteiger partial charge on any atom is 0.408 e. The van der Waals surface area contributed by atoms with Crippen molar-refractivity contribution >= 4 is 47.0 Å². The number of likely N-dealkylation sites (tertiary alicyclic amines) is 1. The fourth-order valence-electron chi connectivity index (χ4n) is 5.39. The van der Waals surface area contributed by atoms with Crippen molar-refractivity contribution in [2.75, 3.05) is 39.3 Å². The normalized spacial score (nSPS) is 18.7. The van der Waals surface area contributed by atoms with Crippen LogP contribution in [0.2, 0.25) is 10.0 Å². The first-order valence-electron chi connectivity index (χ1n) is 13.8. The molecule has 0 unspecified atom stereocenters. The van der Waals surface area contributed by atoms with Gasteiger partial charge in [0.2, 0.25) is 11.8 Å². The number of halogens is 2. The molecule has 3 aliphatic heterocycles. The van der Waals surface area contributed by atoms with E-state index >= 15 is 0 Å². The average molecular weight is 675 g/mol. The van der Waals surface area contributed by atoms with Crippen LogP contribution in [-0.2, 0) is 37.6 Å². The third kappa shape index (κ3) is 7.34. The van der Waals surface area contributed by atoms with Crippen molar-refractivity contribution in [1.29, 1.82) is 0 Å². The largest absolute Gasteiger partial charge is 0.459 e. The molecule has 4 amide bonds. The number of fused-ring (bicyclic) bond motifs is 1. The number of hydrogen-bond acceptors (Lipinski definition) is 6. The summed E-state index contributed by atoms with van der Waals surface area (Å²) < 4.78 is 10.8. The Labute approximate surface area is 271 Å². The molecule has 2 saturated heterocycles. The molecule has 13 heteroatoms. The minimum absolute atomic E-state index is 0. The standard InChI is InChI=1S/C30H33Cl2N4O6.Co/c1-30(2,3)42-29(40)35-9-8-24-22(18-35)21(27(38)36(24)17-19-6-7-20(31)15-23(19)32)16-26(37)33-10-12-34(13-11-33)28(39)25-5-4-14-41-25;/h4-8,14-15,21H,9-13,16-18H2,1-3H3;/q-1;/t21-;/m0./s1. The van der Waals surface area contributed by atoms with E-state index in [0.717, 1.165) is 0 Å². The van der Waals surface area contributed by atoms with Crippen LogP contribution in [0.5, 0.6) is 0 Å². The fraction of sp³-hybridized carbons (Fsp3) is 0.433. The van der Waals surface area contributed by atoms with Gasteiger partial charge in [-0.05, 0) is 63.7 Å². The molecule has 0 N–H and O–H groups in total. The summed E-state index contributed by atoms with van der Waals surface area (Å²) in [4.78, 5) is 59.4. The van der Waals surface area contributed by atoms with Crippen molar-refractivity contribution in [3.63, 3.8) is 0 Å². The van der Waals surface area contributed by atoms with Gasteiger partial charge in [0.1, 0.15) is 5.60 Å². The van der Waals surface area contributed by atoms with E-state index in [1.54, 1.807) is 65.8 Å². The van der Waals surface area contributed by atoms with Crippen molar-refractivity contribution in [1.82, 2.24) is 19.6 Å². The second-order valence-corrected chi connectivity index (χ2v) is 12.4. The first kappa shape index (κ1) is 32.8. The Balaban J connectivity index is 0.00000423. The summed E-state index contributed by atoms with van der Waals surface area (Å²) in [6.45, 7) is 7.43. The Morgan fingerprint density at radius 2 is 1.74 bits per heavy atom. The number of ether oxygens (including phenoxy) is 1. The zero-order valence-corrected chi connectivity index (χ0v) is 26.7. The molecule has 4 heterocycles. The van der Waals surface area contributed by atoms with E-state index in [-0.39, 0.29) is 66.3 Å². The maximum atomic E-state index is 13.9. The summed E-state index contributed by atoms with van der Waals surface area (Å²) in [6.07, 6.45) is 2.74. The average Bonchev–Trinajstić information content (AvgIpc) is 3.56. The van der Waals surface area contributed by atoms with Crippen LogP contribution in [0, 0.1) is 11.8 Å². The topological polar surface area (TPSA) is 104 Å². The molecule has 3 aliphatic rings. The molecule has 10 nitrogen and oxygen atoms in total. The molecule has 0 bridgehead atoms. The van der Waals surface area contributed by atoms with Crippen molar-refractivity contribution in [3.05, 3.63) is 75.7 Å². The molecule has 0 spiro atoms. The third-order valence-corrected chi connectivity index (χ3v) is 8.08. The fourth-order valence-corrected chi connectivity index (χ4v) is 5.85. The third-order valence-electron chi connectivity index (χ3n) is 7.50. The van der Waals surface area contributed by atoms with Gasteiger partial charge in [-0.2, -0.15) is 12.0 Å². The minimum Gasteiger partial charge on any atom is -0.459 e. The van der Waals surface area contributed by atoms with E-state index in [0.29, 0.717) is 53.4 Å². The number of carbonyl (C=O) groups excluding carboxylic acids is 4. The van der Waals surface area contributed by atoms with Gasteiger partial charge in [-0.15, -0.1) is 5.70 Å². The zero-order valence-electron chi connectivity index (χ0n) is 24.1. The van der Waals surface area contributed by atoms with E-state index < -0.39 is 17.6 Å². The minimum atomic E-state index is -0.747. The van der Waals surface area contributed by atoms with Gasteiger partial charge in [0.05, 0.1) is 6.26 Å². The SMILES string of the molecule is CC(C)(C)OC(=O)N1CC=C2[C-](C1)[C@H](CC(=O)N1CCN(C(=O)c3ccco3)CC1)C(=O)N2Cc1ccc(Cl)cc1Cl.[Co]. The van der Waals surface area contributed by atoms with E-state index in [2.05, 4.69) is 0 Å². The molecule has 43 heavy (non-hydrogen) atoms. The molecule has 2 fully saturated rings. The van der Waals surface area contributed by atoms with Crippen LogP contribution >= 0.6 is 23.2 Å². The number of piperazine rings is 1. The van der Waals surface area contributed by atoms with Gasteiger partial charge in [0.15, 0.2) is 5.76 Å². The number of nitrogens with zero attached hydrogens (tertiary/aromatic N) is 4. The van der Waals surface area contributed by atoms with E-state index in [9.17, 15) is 19.2 Å². The van der Waals surface area contributed by atoms with Gasteiger partial charge in [-0.25, -0.2) is 4.79 Å². The Morgan fingerprint density at radius 1 is 1.05 bits per heavy atom. The van der Waals surface area contributed by atoms with Gasteiger partial charge in [-0.3, -0.25) is 14.4 Å². The van der Waals surface area contributed by atoms with Crippen molar-refractivity contribution < 1.29 is 45.1 Å². The Bertz CT molecular complexity index is 1400. The number of rotatable bonds is 5. The number of carbonyl (C=O) groups is 4. The smallest absolute Gasteiger partial charge is 0.408 e. The molecule has 1 radical (unpaired) electrons. The molecule has 2 aromatic rings. The Morgan fingerprint density at radius 3 is 2.37 bits per heavy atom. The number of benzene rings is 1. The second kappa shape index (κ2) is 13.3. The van der Waals surface area contributed by atoms with Crippen LogP contribution in [0.3, 0.4) is 0 Å². The molecule has 5 rings (SSSR count). The molecule has 0 saturated carbocycles. The van der Waals surface area contributed by atoms with Crippen LogP contribution in [0.15, 0.2) is 52.8 Å². The molecule has 0 aliphatic carbocycles. The quantitative estimate of drug-likeness (QED) is 0.429. The van der Waals surface area contributed by atoms with Crippen molar-refractivity contribution in [3.8, 4) is 0 Å². The number of furan rings is 1. The van der Waals surface area contributed by atoms with Crippen molar-refractivity contribution in [2.45, 2.75) is 39.3 Å². The predicted molar refractivity (Wildman–Crippen MR) is 155 cm³/mol. The molecule has 1 atom stereocenters. The maximum absolute atomic E-state index is 13.9. The predicted octanol–water partition coefficient (Wildman–Crippen LogP) is 4.63. The number of hydrogen-bond donors (Lipinski definition) is 0. The first-order chi connectivity index (χ1) is 19.9. The van der Waals surface area contributed by atoms with Gasteiger partial charge >= 0.3 is 6.09 Å².